The number of phenols is 1. The highest BCUT2D eigenvalue weighted by atomic mass is 19.2. The lowest BCUT2D eigenvalue weighted by molar-refractivity contribution is 0.236. The van der Waals surface area contributed by atoms with E-state index in [0.29, 0.717) is 12.8 Å². The Morgan fingerprint density at radius 2 is 1.76 bits per heavy atom. The van der Waals surface area contributed by atoms with Gasteiger partial charge in [0.05, 0.1) is 13.7 Å². The van der Waals surface area contributed by atoms with Crippen LogP contribution < -0.4 is 4.74 Å². The van der Waals surface area contributed by atoms with Gasteiger partial charge in [-0.15, -0.1) is 6.58 Å². The minimum absolute atomic E-state index is 0.0402. The molecule has 1 N–H and O–H groups in total. The Hall–Kier alpha value is -2.63. The molecule has 0 saturated heterocycles. The van der Waals surface area contributed by atoms with Crippen molar-refractivity contribution in [2.75, 3.05) is 13.7 Å². The third-order valence-electron chi connectivity index (χ3n) is 4.09. The highest BCUT2D eigenvalue weighted by molar-refractivity contribution is 5.33. The van der Waals surface area contributed by atoms with Gasteiger partial charge < -0.3 is 14.6 Å². The van der Waals surface area contributed by atoms with E-state index in [1.807, 2.05) is 13.8 Å². The molecule has 2 unspecified atom stereocenters. The van der Waals surface area contributed by atoms with Gasteiger partial charge in [0.25, 0.3) is 0 Å². The fourth-order valence-corrected chi connectivity index (χ4v) is 2.20. The van der Waals surface area contributed by atoms with Gasteiger partial charge in [0.15, 0.2) is 23.2 Å². The molecule has 0 saturated carbocycles. The fourth-order valence-electron chi connectivity index (χ4n) is 2.20. The molecule has 0 fully saturated rings. The van der Waals surface area contributed by atoms with Gasteiger partial charge in [-0.05, 0) is 49.3 Å². The van der Waals surface area contributed by atoms with Crippen LogP contribution in [0.3, 0.4) is 0 Å². The summed E-state index contributed by atoms with van der Waals surface area (Å²) >= 11 is 0. The lowest BCUT2D eigenvalue weighted by Gasteiger charge is -2.18. The molecule has 0 radical (unpaired) electrons. The van der Waals surface area contributed by atoms with Gasteiger partial charge in [-0.3, -0.25) is 0 Å². The van der Waals surface area contributed by atoms with Gasteiger partial charge in [0, 0.05) is 6.07 Å². The molecule has 6 heteroatoms. The van der Waals surface area contributed by atoms with Crippen LogP contribution in [0.15, 0.2) is 67.0 Å². The summed E-state index contributed by atoms with van der Waals surface area (Å²) in [7, 11) is 1.21. The van der Waals surface area contributed by atoms with Crippen molar-refractivity contribution < 1.29 is 27.8 Å². The lowest BCUT2D eigenvalue weighted by Crippen LogP contribution is -2.11. The van der Waals surface area contributed by atoms with E-state index in [1.165, 1.54) is 19.2 Å². The zero-order chi connectivity index (χ0) is 22.6. The topological polar surface area (TPSA) is 38.7 Å². The first-order valence-corrected chi connectivity index (χ1v) is 9.24. The minimum Gasteiger partial charge on any atom is -0.508 e. The first-order chi connectivity index (χ1) is 13.6. The van der Waals surface area contributed by atoms with Crippen LogP contribution in [0.25, 0.3) is 0 Å². The van der Waals surface area contributed by atoms with Gasteiger partial charge in [-0.1, -0.05) is 33.1 Å². The van der Waals surface area contributed by atoms with Crippen molar-refractivity contribution in [3.05, 3.63) is 72.8 Å². The molecule has 162 valence electrons. The maximum atomic E-state index is 14.0. The first-order valence-electron chi connectivity index (χ1n) is 9.24. The number of benzene rings is 1. The van der Waals surface area contributed by atoms with E-state index in [9.17, 15) is 13.2 Å². The first kappa shape index (κ1) is 26.4. The summed E-state index contributed by atoms with van der Waals surface area (Å²) in [5.74, 6) is -3.58. The fraction of sp³-hybridized carbons (Fsp3) is 0.391. The molecule has 1 rings (SSSR count). The number of hydrogen-bond donors (Lipinski definition) is 1. The molecule has 1 aromatic rings. The SMILES string of the molecule is C=C(OC)/C(F)=C(/F)C(=C)C(C)CCC(C)COc1ccc(O)cc1F.C=CC. The number of methoxy groups -OCH3 is 1. The molecule has 0 amide bonds. The largest absolute Gasteiger partial charge is 0.508 e. The highest BCUT2D eigenvalue weighted by Gasteiger charge is 2.19. The monoisotopic (exact) mass is 412 g/mol. The summed E-state index contributed by atoms with van der Waals surface area (Å²) in [6, 6.07) is 3.67. The quantitative estimate of drug-likeness (QED) is 0.255. The van der Waals surface area contributed by atoms with Crippen molar-refractivity contribution in [3.63, 3.8) is 0 Å². The minimum atomic E-state index is -1.15. The van der Waals surface area contributed by atoms with Crippen LogP contribution in [0.4, 0.5) is 13.2 Å². The van der Waals surface area contributed by atoms with Crippen molar-refractivity contribution in [3.8, 4) is 11.5 Å². The number of aromatic hydroxyl groups is 1. The summed E-state index contributed by atoms with van der Waals surface area (Å²) in [6.45, 7) is 16.1. The van der Waals surface area contributed by atoms with Gasteiger partial charge in [0.2, 0.25) is 0 Å². The second-order valence-corrected chi connectivity index (χ2v) is 6.70. The summed E-state index contributed by atoms with van der Waals surface area (Å²) in [4.78, 5) is 0. The summed E-state index contributed by atoms with van der Waals surface area (Å²) < 4.78 is 51.3. The maximum Gasteiger partial charge on any atom is 0.200 e. The summed E-state index contributed by atoms with van der Waals surface area (Å²) in [5.41, 5.74) is 0.0402. The Labute approximate surface area is 171 Å². The van der Waals surface area contributed by atoms with E-state index in [4.69, 9.17) is 9.84 Å². The Kier molecular flexibility index (Phi) is 12.3. The van der Waals surface area contributed by atoms with E-state index in [-0.39, 0.29) is 41.3 Å². The van der Waals surface area contributed by atoms with Gasteiger partial charge in [-0.2, -0.15) is 4.39 Å². The predicted molar refractivity (Wildman–Crippen MR) is 112 cm³/mol. The predicted octanol–water partition coefficient (Wildman–Crippen LogP) is 7.02. The van der Waals surface area contributed by atoms with Crippen LogP contribution >= 0.6 is 0 Å². The molecule has 0 aliphatic carbocycles. The normalized spacial score (nSPS) is 13.2. The van der Waals surface area contributed by atoms with Crippen molar-refractivity contribution in [2.45, 2.75) is 33.6 Å². The van der Waals surface area contributed by atoms with Crippen LogP contribution in [0, 0.1) is 17.7 Å². The lowest BCUT2D eigenvalue weighted by atomic mass is 9.92. The summed E-state index contributed by atoms with van der Waals surface area (Å²) in [6.07, 6.45) is 2.96. The standard InChI is InChI=1S/C20H25F3O3.C3H6/c1-12(11-26-18-9-8-16(24)10-17(18)21)6-7-13(2)14(3)19(22)20(23)15(4)25-5;1-3-2/h8-10,12-13,24H,3-4,6-7,11H2,1-2,5H3;3H,1H2,2H3/b20-19-;. The van der Waals surface area contributed by atoms with Gasteiger partial charge in [-0.25, -0.2) is 8.78 Å². The Morgan fingerprint density at radius 3 is 2.28 bits per heavy atom. The molecule has 0 spiro atoms. The average molecular weight is 412 g/mol. The van der Waals surface area contributed by atoms with E-state index in [2.05, 4.69) is 24.5 Å². The Morgan fingerprint density at radius 1 is 1.17 bits per heavy atom. The van der Waals surface area contributed by atoms with Crippen molar-refractivity contribution >= 4 is 0 Å². The maximum absolute atomic E-state index is 14.0. The highest BCUT2D eigenvalue weighted by Crippen LogP contribution is 2.30. The molecule has 29 heavy (non-hydrogen) atoms. The number of phenolic OH excluding ortho intramolecular Hbond substituents is 1. The smallest absolute Gasteiger partial charge is 0.200 e. The molecule has 2 atom stereocenters. The number of ether oxygens (including phenoxy) is 2. The summed E-state index contributed by atoms with van der Waals surface area (Å²) in [5, 5.41) is 9.17. The van der Waals surface area contributed by atoms with E-state index in [1.54, 1.807) is 13.0 Å². The van der Waals surface area contributed by atoms with E-state index < -0.39 is 17.5 Å². The molecule has 0 aromatic heterocycles. The number of hydrogen-bond acceptors (Lipinski definition) is 3. The second kappa shape index (κ2) is 13.5. The molecule has 1 aromatic carbocycles. The van der Waals surface area contributed by atoms with Crippen LogP contribution in [0.2, 0.25) is 0 Å². The molecular weight excluding hydrogens is 381 g/mol. The van der Waals surface area contributed by atoms with Crippen molar-refractivity contribution in [1.29, 1.82) is 0 Å². The second-order valence-electron chi connectivity index (χ2n) is 6.70. The number of rotatable bonds is 10. The molecule has 3 nitrogen and oxygen atoms in total. The molecular formula is C23H31F3O3. The Bertz CT molecular complexity index is 726. The van der Waals surface area contributed by atoms with Crippen LogP contribution in [-0.4, -0.2) is 18.8 Å². The van der Waals surface area contributed by atoms with E-state index >= 15 is 0 Å². The number of allylic oxidation sites excluding steroid dienone is 4. The zero-order valence-electron chi connectivity index (χ0n) is 17.6. The molecule has 0 aliphatic rings. The molecule has 0 bridgehead atoms. The molecule has 0 aliphatic heterocycles. The Balaban J connectivity index is 0.00000245. The van der Waals surface area contributed by atoms with Gasteiger partial charge >= 0.3 is 0 Å². The molecule has 0 heterocycles. The van der Waals surface area contributed by atoms with Crippen LogP contribution in [0.5, 0.6) is 11.5 Å². The van der Waals surface area contributed by atoms with Crippen LogP contribution in [0.1, 0.15) is 33.6 Å². The van der Waals surface area contributed by atoms with Crippen molar-refractivity contribution in [2.24, 2.45) is 11.8 Å². The average Bonchev–Trinajstić information content (AvgIpc) is 2.69. The van der Waals surface area contributed by atoms with Crippen LogP contribution in [-0.2, 0) is 4.74 Å². The number of halogens is 3. The zero-order valence-corrected chi connectivity index (χ0v) is 17.6. The van der Waals surface area contributed by atoms with Gasteiger partial charge in [0.1, 0.15) is 11.5 Å². The van der Waals surface area contributed by atoms with Crippen molar-refractivity contribution in [1.82, 2.24) is 0 Å². The third-order valence-corrected chi connectivity index (χ3v) is 4.09. The third kappa shape index (κ3) is 9.41. The van der Waals surface area contributed by atoms with E-state index in [0.717, 1.165) is 6.07 Å².